The van der Waals surface area contributed by atoms with Crippen molar-refractivity contribution in [2.24, 2.45) is 0 Å². The smallest absolute Gasteiger partial charge is 0.410 e. The van der Waals surface area contributed by atoms with Crippen molar-refractivity contribution < 1.29 is 13.9 Å². The lowest BCUT2D eigenvalue weighted by Crippen LogP contribution is -2.39. The Labute approximate surface area is 185 Å². The van der Waals surface area contributed by atoms with Gasteiger partial charge in [-0.15, -0.1) is 0 Å². The predicted molar refractivity (Wildman–Crippen MR) is 124 cm³/mol. The van der Waals surface area contributed by atoms with E-state index in [1.807, 2.05) is 45.0 Å². The van der Waals surface area contributed by atoms with Crippen LogP contribution >= 0.6 is 0 Å². The summed E-state index contributed by atoms with van der Waals surface area (Å²) < 4.78 is 10.9. The number of rotatable bonds is 3. The first-order valence-corrected chi connectivity index (χ1v) is 10.6. The van der Waals surface area contributed by atoms with E-state index in [2.05, 4.69) is 32.4 Å². The summed E-state index contributed by atoms with van der Waals surface area (Å²) in [7, 11) is 0. The molecule has 0 spiro atoms. The fraction of sp³-hybridized carbons (Fsp3) is 0.292. The molecule has 3 aromatic heterocycles. The van der Waals surface area contributed by atoms with Gasteiger partial charge in [-0.3, -0.25) is 0 Å². The number of anilines is 2. The van der Waals surface area contributed by atoms with E-state index in [-0.39, 0.29) is 6.09 Å². The number of fused-ring (bicyclic) bond motifs is 2. The molecule has 8 heteroatoms. The fourth-order valence-corrected chi connectivity index (χ4v) is 3.80. The highest BCUT2D eigenvalue weighted by Gasteiger charge is 2.24. The number of carbonyl (C=O) groups excluding carboxylic acids is 1. The molecule has 4 aromatic rings. The maximum atomic E-state index is 12.3. The lowest BCUT2D eigenvalue weighted by molar-refractivity contribution is 0.0270. The summed E-state index contributed by atoms with van der Waals surface area (Å²) in [6, 6.07) is 9.87. The van der Waals surface area contributed by atoms with Crippen molar-refractivity contribution in [3.05, 3.63) is 54.7 Å². The normalized spacial score (nSPS) is 14.6. The predicted octanol–water partition coefficient (Wildman–Crippen LogP) is 5.47. The molecular weight excluding hydrogens is 406 g/mol. The molecule has 164 valence electrons. The van der Waals surface area contributed by atoms with Crippen LogP contribution in [0.5, 0.6) is 0 Å². The van der Waals surface area contributed by atoms with E-state index < -0.39 is 5.60 Å². The van der Waals surface area contributed by atoms with Crippen LogP contribution in [0.3, 0.4) is 0 Å². The summed E-state index contributed by atoms with van der Waals surface area (Å²) in [5.74, 6) is 0. The van der Waals surface area contributed by atoms with Crippen LogP contribution in [0.25, 0.3) is 27.7 Å². The first-order valence-electron chi connectivity index (χ1n) is 10.6. The average Bonchev–Trinajstić information content (AvgIpc) is 3.40. The van der Waals surface area contributed by atoms with Gasteiger partial charge in [-0.1, -0.05) is 6.08 Å². The highest BCUT2D eigenvalue weighted by atomic mass is 16.6. The number of aromatic amines is 1. The van der Waals surface area contributed by atoms with Gasteiger partial charge in [-0.2, -0.15) is 0 Å². The fourth-order valence-electron chi connectivity index (χ4n) is 3.80. The molecular formula is C24H25N5O3. The Balaban J connectivity index is 1.37. The van der Waals surface area contributed by atoms with Crippen molar-refractivity contribution in [1.82, 2.24) is 19.9 Å². The quantitative estimate of drug-likeness (QED) is 0.446. The zero-order valence-electron chi connectivity index (χ0n) is 18.3. The van der Waals surface area contributed by atoms with Crippen molar-refractivity contribution in [3.63, 3.8) is 0 Å². The molecule has 0 saturated heterocycles. The minimum Gasteiger partial charge on any atom is -0.444 e. The molecule has 4 heterocycles. The van der Waals surface area contributed by atoms with E-state index in [0.29, 0.717) is 13.1 Å². The van der Waals surface area contributed by atoms with Gasteiger partial charge in [0.05, 0.1) is 5.69 Å². The van der Waals surface area contributed by atoms with Gasteiger partial charge in [-0.05, 0) is 57.0 Å². The minimum atomic E-state index is -0.495. The van der Waals surface area contributed by atoms with Gasteiger partial charge in [0.2, 0.25) is 0 Å². The van der Waals surface area contributed by atoms with Crippen LogP contribution in [-0.2, 0) is 4.74 Å². The third-order valence-electron chi connectivity index (χ3n) is 5.35. The van der Waals surface area contributed by atoms with E-state index in [9.17, 15) is 4.79 Å². The molecule has 0 fully saturated rings. The van der Waals surface area contributed by atoms with Crippen molar-refractivity contribution in [2.45, 2.75) is 32.8 Å². The Hall–Kier alpha value is -3.81. The highest BCUT2D eigenvalue weighted by Crippen LogP contribution is 2.31. The molecule has 0 aliphatic carbocycles. The number of pyridine rings is 1. The SMILES string of the molecule is CC(C)(C)OC(=O)N1CC=C(c2cc3c(Nc4ccc5ncoc5c4)ccnc3[nH]2)CC1. The molecule has 8 nitrogen and oxygen atoms in total. The van der Waals surface area contributed by atoms with Crippen LogP contribution < -0.4 is 5.32 Å². The number of hydrogen-bond acceptors (Lipinski definition) is 6. The third kappa shape index (κ3) is 4.03. The number of oxazole rings is 1. The number of aromatic nitrogens is 3. The van der Waals surface area contributed by atoms with E-state index in [4.69, 9.17) is 9.15 Å². The monoisotopic (exact) mass is 431 g/mol. The van der Waals surface area contributed by atoms with Crippen LogP contribution in [0.15, 0.2) is 53.4 Å². The summed E-state index contributed by atoms with van der Waals surface area (Å²) in [5.41, 5.74) is 5.90. The first-order chi connectivity index (χ1) is 15.4. The van der Waals surface area contributed by atoms with Gasteiger partial charge in [0.1, 0.15) is 16.8 Å². The number of amides is 1. The molecule has 1 amide bonds. The van der Waals surface area contributed by atoms with Gasteiger partial charge >= 0.3 is 6.09 Å². The van der Waals surface area contributed by atoms with Crippen molar-refractivity contribution in [2.75, 3.05) is 18.4 Å². The third-order valence-corrected chi connectivity index (χ3v) is 5.35. The average molecular weight is 431 g/mol. The van der Waals surface area contributed by atoms with Crippen molar-refractivity contribution in [3.8, 4) is 0 Å². The second kappa shape index (κ2) is 7.71. The summed E-state index contributed by atoms with van der Waals surface area (Å²) in [6.45, 7) is 6.77. The Kier molecular flexibility index (Phi) is 4.84. The van der Waals surface area contributed by atoms with E-state index in [1.54, 1.807) is 11.1 Å². The van der Waals surface area contributed by atoms with Gasteiger partial charge in [0, 0.05) is 42.1 Å². The number of nitrogens with one attached hydrogen (secondary N) is 2. The maximum absolute atomic E-state index is 12.3. The lowest BCUT2D eigenvalue weighted by atomic mass is 10.0. The van der Waals surface area contributed by atoms with Gasteiger partial charge in [0.25, 0.3) is 0 Å². The van der Waals surface area contributed by atoms with Crippen molar-refractivity contribution >= 4 is 45.2 Å². The van der Waals surface area contributed by atoms with Crippen LogP contribution in [0.1, 0.15) is 32.9 Å². The molecule has 1 aliphatic rings. The Morgan fingerprint density at radius 1 is 1.22 bits per heavy atom. The molecule has 0 radical (unpaired) electrons. The van der Waals surface area contributed by atoms with E-state index in [1.165, 1.54) is 6.39 Å². The van der Waals surface area contributed by atoms with Gasteiger partial charge in [0.15, 0.2) is 12.0 Å². The number of benzene rings is 1. The molecule has 0 atom stereocenters. The standard InChI is InChI=1S/C24H25N5O3/c1-24(2,3)32-23(30)29-10-7-15(8-11-29)20-13-17-18(6-9-25-22(17)28-20)27-16-4-5-19-21(12-16)31-14-26-19/h4-7,9,12-14H,8,10-11H2,1-3H3,(H2,25,27,28). The molecule has 1 aromatic carbocycles. The second-order valence-corrected chi connectivity index (χ2v) is 8.87. The summed E-state index contributed by atoms with van der Waals surface area (Å²) in [5, 5.41) is 4.45. The van der Waals surface area contributed by atoms with Crippen LogP contribution in [0.2, 0.25) is 0 Å². The summed E-state index contributed by atoms with van der Waals surface area (Å²) >= 11 is 0. The number of ether oxygens (including phenoxy) is 1. The molecule has 32 heavy (non-hydrogen) atoms. The molecule has 1 aliphatic heterocycles. The Morgan fingerprint density at radius 2 is 2.09 bits per heavy atom. The van der Waals surface area contributed by atoms with Gasteiger partial charge < -0.3 is 24.4 Å². The Bertz CT molecular complexity index is 1330. The molecule has 2 N–H and O–H groups in total. The first kappa shape index (κ1) is 20.1. The summed E-state index contributed by atoms with van der Waals surface area (Å²) in [6.07, 6.45) is 5.76. The topological polar surface area (TPSA) is 96.3 Å². The van der Waals surface area contributed by atoms with E-state index in [0.717, 1.165) is 51.2 Å². The molecule has 5 rings (SSSR count). The highest BCUT2D eigenvalue weighted by molar-refractivity contribution is 5.94. The molecule has 0 unspecified atom stereocenters. The molecule has 0 bridgehead atoms. The minimum absolute atomic E-state index is 0.277. The Morgan fingerprint density at radius 3 is 2.88 bits per heavy atom. The largest absolute Gasteiger partial charge is 0.444 e. The summed E-state index contributed by atoms with van der Waals surface area (Å²) in [4.78, 5) is 26.1. The zero-order chi connectivity index (χ0) is 22.3. The van der Waals surface area contributed by atoms with Crippen LogP contribution in [0.4, 0.5) is 16.2 Å². The zero-order valence-corrected chi connectivity index (χ0v) is 18.3. The van der Waals surface area contributed by atoms with E-state index >= 15 is 0 Å². The molecule has 0 saturated carbocycles. The number of nitrogens with zero attached hydrogens (tertiary/aromatic N) is 3. The van der Waals surface area contributed by atoms with Crippen LogP contribution in [-0.4, -0.2) is 44.6 Å². The number of hydrogen-bond donors (Lipinski definition) is 2. The maximum Gasteiger partial charge on any atom is 0.410 e. The lowest BCUT2D eigenvalue weighted by Gasteiger charge is -2.29. The number of H-pyrrole nitrogens is 1. The van der Waals surface area contributed by atoms with Crippen LogP contribution in [0, 0.1) is 0 Å². The van der Waals surface area contributed by atoms with Gasteiger partial charge in [-0.25, -0.2) is 14.8 Å². The second-order valence-electron chi connectivity index (χ2n) is 8.87. The van der Waals surface area contributed by atoms with Crippen molar-refractivity contribution in [1.29, 1.82) is 0 Å². The number of carbonyl (C=O) groups is 1.